The van der Waals surface area contributed by atoms with E-state index >= 15 is 0 Å². The lowest BCUT2D eigenvalue weighted by Crippen LogP contribution is -2.44. The van der Waals surface area contributed by atoms with Crippen molar-refractivity contribution < 1.29 is 32.2 Å². The molecule has 0 radical (unpaired) electrons. The number of benzene rings is 1. The van der Waals surface area contributed by atoms with Crippen LogP contribution in [0.1, 0.15) is 18.6 Å². The number of carbonyl (C=O) groups excluding carboxylic acids is 1. The highest BCUT2D eigenvalue weighted by Crippen LogP contribution is 2.14. The molecule has 0 heterocycles. The number of hydrogen-bond donors (Lipinski definition) is 3. The van der Waals surface area contributed by atoms with Crippen molar-refractivity contribution in [1.82, 2.24) is 10.6 Å². The number of aliphatic hydroxyl groups excluding tert-OH is 1. The van der Waals surface area contributed by atoms with Gasteiger partial charge in [-0.15, -0.1) is 0 Å². The Morgan fingerprint density at radius 1 is 1.39 bits per heavy atom. The number of halogens is 4. The molecule has 130 valence electrons. The first kappa shape index (κ1) is 19.2. The SMILES string of the molecule is CC(COCC(F)(F)F)NC(=O)NCC(O)c1cccc(F)c1. The number of hydrogen-bond acceptors (Lipinski definition) is 3. The minimum atomic E-state index is -4.42. The van der Waals surface area contributed by atoms with Gasteiger partial charge in [-0.1, -0.05) is 12.1 Å². The fourth-order valence-electron chi connectivity index (χ4n) is 1.69. The van der Waals surface area contributed by atoms with E-state index in [2.05, 4.69) is 15.4 Å². The van der Waals surface area contributed by atoms with Crippen LogP contribution in [0.4, 0.5) is 22.4 Å². The van der Waals surface area contributed by atoms with Gasteiger partial charge in [-0.05, 0) is 24.6 Å². The van der Waals surface area contributed by atoms with Crippen molar-refractivity contribution in [3.8, 4) is 0 Å². The molecule has 23 heavy (non-hydrogen) atoms. The highest BCUT2D eigenvalue weighted by atomic mass is 19.4. The Kier molecular flexibility index (Phi) is 7.24. The third-order valence-electron chi connectivity index (χ3n) is 2.70. The van der Waals surface area contributed by atoms with Crippen LogP contribution in [0.2, 0.25) is 0 Å². The Bertz CT molecular complexity index is 511. The summed E-state index contributed by atoms with van der Waals surface area (Å²) in [6.07, 6.45) is -5.52. The van der Waals surface area contributed by atoms with E-state index in [0.29, 0.717) is 5.56 Å². The standard InChI is InChI=1S/C14H18F4N2O3/c1-9(7-23-8-14(16,17)18)20-13(22)19-6-12(21)10-3-2-4-11(15)5-10/h2-5,9,12,21H,6-8H2,1H3,(H2,19,20,22). The Morgan fingerprint density at radius 3 is 2.70 bits per heavy atom. The molecule has 0 aromatic heterocycles. The van der Waals surface area contributed by atoms with Crippen LogP contribution < -0.4 is 10.6 Å². The van der Waals surface area contributed by atoms with Crippen LogP contribution in [0.3, 0.4) is 0 Å². The number of aliphatic hydroxyl groups is 1. The minimum Gasteiger partial charge on any atom is -0.387 e. The van der Waals surface area contributed by atoms with Crippen molar-refractivity contribution in [2.75, 3.05) is 19.8 Å². The van der Waals surface area contributed by atoms with Crippen molar-refractivity contribution in [3.63, 3.8) is 0 Å². The number of nitrogens with one attached hydrogen (secondary N) is 2. The number of alkyl halides is 3. The van der Waals surface area contributed by atoms with E-state index in [-0.39, 0.29) is 13.2 Å². The van der Waals surface area contributed by atoms with Crippen molar-refractivity contribution in [2.45, 2.75) is 25.2 Å². The molecule has 2 unspecified atom stereocenters. The second-order valence-electron chi connectivity index (χ2n) is 4.96. The third-order valence-corrected chi connectivity index (χ3v) is 2.70. The monoisotopic (exact) mass is 338 g/mol. The molecule has 1 aromatic rings. The van der Waals surface area contributed by atoms with Gasteiger partial charge in [0, 0.05) is 6.54 Å². The summed E-state index contributed by atoms with van der Waals surface area (Å²) in [6.45, 7) is -0.400. The molecule has 9 heteroatoms. The van der Waals surface area contributed by atoms with Crippen LogP contribution in [0, 0.1) is 5.82 Å². The molecular formula is C14H18F4N2O3. The van der Waals surface area contributed by atoms with E-state index in [9.17, 15) is 27.5 Å². The fourth-order valence-corrected chi connectivity index (χ4v) is 1.69. The highest BCUT2D eigenvalue weighted by Gasteiger charge is 2.27. The molecule has 1 rings (SSSR count). The lowest BCUT2D eigenvalue weighted by Gasteiger charge is -2.17. The van der Waals surface area contributed by atoms with Crippen molar-refractivity contribution in [3.05, 3.63) is 35.6 Å². The Labute approximate surface area is 130 Å². The average molecular weight is 338 g/mol. The molecule has 3 N–H and O–H groups in total. The number of rotatable bonds is 7. The summed E-state index contributed by atoms with van der Waals surface area (Å²) >= 11 is 0. The molecular weight excluding hydrogens is 320 g/mol. The Morgan fingerprint density at radius 2 is 2.09 bits per heavy atom. The second kappa shape index (κ2) is 8.68. The minimum absolute atomic E-state index is 0.175. The van der Waals surface area contributed by atoms with Gasteiger partial charge in [0.25, 0.3) is 0 Å². The van der Waals surface area contributed by atoms with E-state index in [1.165, 1.54) is 25.1 Å². The molecule has 0 saturated carbocycles. The Balaban J connectivity index is 2.28. The molecule has 5 nitrogen and oxygen atoms in total. The molecule has 1 aromatic carbocycles. The van der Waals surface area contributed by atoms with Gasteiger partial charge >= 0.3 is 12.2 Å². The van der Waals surface area contributed by atoms with Gasteiger partial charge in [-0.3, -0.25) is 0 Å². The van der Waals surface area contributed by atoms with Gasteiger partial charge in [0.15, 0.2) is 0 Å². The third kappa shape index (κ3) is 8.36. The van der Waals surface area contributed by atoms with Gasteiger partial charge < -0.3 is 20.5 Å². The first-order valence-corrected chi connectivity index (χ1v) is 6.80. The van der Waals surface area contributed by atoms with Gasteiger partial charge in [0.05, 0.1) is 18.8 Å². The summed E-state index contributed by atoms with van der Waals surface area (Å²) in [4.78, 5) is 11.5. The van der Waals surface area contributed by atoms with Gasteiger partial charge in [-0.25, -0.2) is 9.18 Å². The van der Waals surface area contributed by atoms with Crippen molar-refractivity contribution >= 4 is 6.03 Å². The van der Waals surface area contributed by atoms with Crippen LogP contribution in [0.25, 0.3) is 0 Å². The van der Waals surface area contributed by atoms with Crippen LogP contribution in [0.5, 0.6) is 0 Å². The molecule has 0 bridgehead atoms. The van der Waals surface area contributed by atoms with Gasteiger partial charge in [0.1, 0.15) is 12.4 Å². The molecule has 0 aliphatic rings. The van der Waals surface area contributed by atoms with Crippen molar-refractivity contribution in [2.24, 2.45) is 0 Å². The predicted molar refractivity (Wildman–Crippen MR) is 74.2 cm³/mol. The molecule has 0 fully saturated rings. The summed E-state index contributed by atoms with van der Waals surface area (Å²) in [5.74, 6) is -0.513. The summed E-state index contributed by atoms with van der Waals surface area (Å²) in [5.41, 5.74) is 0.298. The lowest BCUT2D eigenvalue weighted by molar-refractivity contribution is -0.174. The zero-order valence-electron chi connectivity index (χ0n) is 12.4. The van der Waals surface area contributed by atoms with E-state index in [0.717, 1.165) is 6.07 Å². The van der Waals surface area contributed by atoms with Crippen LogP contribution in [0.15, 0.2) is 24.3 Å². The van der Waals surface area contributed by atoms with Crippen LogP contribution in [-0.4, -0.2) is 43.1 Å². The van der Waals surface area contributed by atoms with Gasteiger partial charge in [0.2, 0.25) is 0 Å². The normalized spacial score (nSPS) is 14.2. The molecule has 0 aliphatic heterocycles. The summed E-state index contributed by atoms with van der Waals surface area (Å²) in [5, 5.41) is 14.5. The molecule has 0 saturated heterocycles. The first-order chi connectivity index (χ1) is 10.7. The maximum Gasteiger partial charge on any atom is 0.411 e. The average Bonchev–Trinajstić information content (AvgIpc) is 2.43. The zero-order valence-corrected chi connectivity index (χ0v) is 12.4. The van der Waals surface area contributed by atoms with Gasteiger partial charge in [-0.2, -0.15) is 13.2 Å². The maximum absolute atomic E-state index is 13.0. The topological polar surface area (TPSA) is 70.6 Å². The quantitative estimate of drug-likeness (QED) is 0.667. The van der Waals surface area contributed by atoms with E-state index in [4.69, 9.17) is 0 Å². The lowest BCUT2D eigenvalue weighted by atomic mass is 10.1. The molecule has 2 atom stereocenters. The first-order valence-electron chi connectivity index (χ1n) is 6.80. The number of ether oxygens (including phenoxy) is 1. The number of amides is 2. The Hall–Kier alpha value is -1.87. The second-order valence-corrected chi connectivity index (χ2v) is 4.96. The highest BCUT2D eigenvalue weighted by molar-refractivity contribution is 5.74. The summed E-state index contributed by atoms with van der Waals surface area (Å²) in [6, 6.07) is 3.96. The van der Waals surface area contributed by atoms with E-state index in [1.807, 2.05) is 0 Å². The zero-order chi connectivity index (χ0) is 17.5. The van der Waals surface area contributed by atoms with Crippen LogP contribution in [-0.2, 0) is 4.74 Å². The summed E-state index contributed by atoms with van der Waals surface area (Å²) < 4.78 is 53.1. The fraction of sp³-hybridized carbons (Fsp3) is 0.500. The van der Waals surface area contributed by atoms with Crippen molar-refractivity contribution in [1.29, 1.82) is 0 Å². The van der Waals surface area contributed by atoms with Crippen LogP contribution >= 0.6 is 0 Å². The summed E-state index contributed by atoms with van der Waals surface area (Å²) in [7, 11) is 0. The largest absolute Gasteiger partial charge is 0.411 e. The maximum atomic E-state index is 13.0. The predicted octanol–water partition coefficient (Wildman–Crippen LogP) is 2.13. The number of urea groups is 1. The van der Waals surface area contributed by atoms with E-state index in [1.54, 1.807) is 0 Å². The van der Waals surface area contributed by atoms with E-state index < -0.39 is 36.8 Å². The smallest absolute Gasteiger partial charge is 0.387 e. The molecule has 2 amide bonds. The number of carbonyl (C=O) groups is 1. The molecule has 0 aliphatic carbocycles. The molecule has 0 spiro atoms.